The van der Waals surface area contributed by atoms with Gasteiger partial charge in [0, 0.05) is 11.8 Å². The topological polar surface area (TPSA) is 57.4 Å². The quantitative estimate of drug-likeness (QED) is 0.654. The van der Waals surface area contributed by atoms with Crippen molar-refractivity contribution in [2.45, 2.75) is 0 Å². The summed E-state index contributed by atoms with van der Waals surface area (Å²) in [5, 5.41) is 0. The van der Waals surface area contributed by atoms with Gasteiger partial charge in [0.1, 0.15) is 5.52 Å². The highest BCUT2D eigenvalue weighted by Crippen LogP contribution is 2.36. The SMILES string of the molecule is c1cnc2oc(-c3ccc4c(c3)OCO4)nc2c1. The highest BCUT2D eigenvalue weighted by Gasteiger charge is 2.16. The molecule has 1 aliphatic rings. The van der Waals surface area contributed by atoms with Crippen LogP contribution in [0.2, 0.25) is 0 Å². The van der Waals surface area contributed by atoms with Gasteiger partial charge in [-0.1, -0.05) is 0 Å². The third-order valence-corrected chi connectivity index (χ3v) is 2.79. The predicted octanol–water partition coefficient (Wildman–Crippen LogP) is 2.62. The molecule has 5 heteroatoms. The van der Waals surface area contributed by atoms with Crippen LogP contribution in [0.3, 0.4) is 0 Å². The van der Waals surface area contributed by atoms with Crippen LogP contribution in [0, 0.1) is 0 Å². The maximum atomic E-state index is 5.60. The van der Waals surface area contributed by atoms with Gasteiger partial charge in [-0.25, -0.2) is 9.97 Å². The lowest BCUT2D eigenvalue weighted by molar-refractivity contribution is 0.174. The molecule has 0 unspecified atom stereocenters. The Kier molecular flexibility index (Phi) is 1.82. The molecule has 0 saturated heterocycles. The van der Waals surface area contributed by atoms with E-state index in [-0.39, 0.29) is 6.79 Å². The monoisotopic (exact) mass is 240 g/mol. The van der Waals surface area contributed by atoms with Crippen molar-refractivity contribution < 1.29 is 13.9 Å². The van der Waals surface area contributed by atoms with Crippen molar-refractivity contribution in [3.63, 3.8) is 0 Å². The Hall–Kier alpha value is -2.56. The van der Waals surface area contributed by atoms with E-state index in [1.165, 1.54) is 0 Å². The zero-order chi connectivity index (χ0) is 11.9. The van der Waals surface area contributed by atoms with Gasteiger partial charge in [-0.05, 0) is 30.3 Å². The maximum absolute atomic E-state index is 5.60. The van der Waals surface area contributed by atoms with Crippen LogP contribution in [0.25, 0.3) is 22.7 Å². The molecule has 3 aromatic rings. The summed E-state index contributed by atoms with van der Waals surface area (Å²) in [7, 11) is 0. The molecule has 0 radical (unpaired) electrons. The number of pyridine rings is 1. The molecule has 88 valence electrons. The minimum absolute atomic E-state index is 0.258. The largest absolute Gasteiger partial charge is 0.454 e. The van der Waals surface area contributed by atoms with E-state index < -0.39 is 0 Å². The zero-order valence-corrected chi connectivity index (χ0v) is 9.29. The third kappa shape index (κ3) is 1.34. The van der Waals surface area contributed by atoms with Crippen molar-refractivity contribution in [3.05, 3.63) is 36.5 Å². The smallest absolute Gasteiger partial charge is 0.247 e. The molecule has 0 amide bonds. The number of fused-ring (bicyclic) bond motifs is 2. The van der Waals surface area contributed by atoms with Gasteiger partial charge in [-0.15, -0.1) is 0 Å². The van der Waals surface area contributed by atoms with E-state index in [4.69, 9.17) is 13.9 Å². The maximum Gasteiger partial charge on any atom is 0.247 e. The Bertz CT molecular complexity index is 703. The molecule has 0 spiro atoms. The van der Waals surface area contributed by atoms with Crippen LogP contribution in [0.15, 0.2) is 40.9 Å². The van der Waals surface area contributed by atoms with Crippen molar-refractivity contribution in [1.82, 2.24) is 9.97 Å². The molecule has 4 rings (SSSR count). The molecule has 0 N–H and O–H groups in total. The number of benzene rings is 1. The average molecular weight is 240 g/mol. The number of rotatable bonds is 1. The Morgan fingerprint density at radius 3 is 2.94 bits per heavy atom. The van der Waals surface area contributed by atoms with E-state index in [0.29, 0.717) is 17.4 Å². The fourth-order valence-corrected chi connectivity index (χ4v) is 1.92. The first-order valence-electron chi connectivity index (χ1n) is 5.52. The van der Waals surface area contributed by atoms with E-state index >= 15 is 0 Å². The third-order valence-electron chi connectivity index (χ3n) is 2.79. The van der Waals surface area contributed by atoms with Crippen molar-refractivity contribution in [2.24, 2.45) is 0 Å². The van der Waals surface area contributed by atoms with Crippen LogP contribution in [0.4, 0.5) is 0 Å². The first-order valence-corrected chi connectivity index (χ1v) is 5.52. The van der Waals surface area contributed by atoms with Gasteiger partial charge in [0.25, 0.3) is 0 Å². The molecule has 1 aliphatic heterocycles. The summed E-state index contributed by atoms with van der Waals surface area (Å²) in [6.45, 7) is 0.258. The lowest BCUT2D eigenvalue weighted by atomic mass is 10.2. The van der Waals surface area contributed by atoms with Gasteiger partial charge in [0.15, 0.2) is 11.5 Å². The summed E-state index contributed by atoms with van der Waals surface area (Å²) >= 11 is 0. The number of nitrogens with zero attached hydrogens (tertiary/aromatic N) is 2. The molecule has 0 saturated carbocycles. The van der Waals surface area contributed by atoms with Crippen LogP contribution in [0.1, 0.15) is 0 Å². The fraction of sp³-hybridized carbons (Fsp3) is 0.0769. The van der Waals surface area contributed by atoms with E-state index in [1.807, 2.05) is 30.3 Å². The van der Waals surface area contributed by atoms with Crippen molar-refractivity contribution in [2.75, 3.05) is 6.79 Å². The molecular weight excluding hydrogens is 232 g/mol. The second-order valence-electron chi connectivity index (χ2n) is 3.91. The Morgan fingerprint density at radius 1 is 1.06 bits per heavy atom. The average Bonchev–Trinajstić information content (AvgIpc) is 3.04. The van der Waals surface area contributed by atoms with Gasteiger partial charge in [-0.3, -0.25) is 0 Å². The van der Waals surface area contributed by atoms with Crippen molar-refractivity contribution in [1.29, 1.82) is 0 Å². The number of aromatic nitrogens is 2. The molecular formula is C13H8N2O3. The molecule has 0 aliphatic carbocycles. The van der Waals surface area contributed by atoms with Crippen molar-refractivity contribution in [3.8, 4) is 23.0 Å². The van der Waals surface area contributed by atoms with E-state index in [0.717, 1.165) is 16.8 Å². The number of hydrogen-bond donors (Lipinski definition) is 0. The Balaban J connectivity index is 1.86. The number of hydrogen-bond acceptors (Lipinski definition) is 5. The summed E-state index contributed by atoms with van der Waals surface area (Å²) in [4.78, 5) is 8.50. The molecule has 0 atom stereocenters. The molecule has 18 heavy (non-hydrogen) atoms. The van der Waals surface area contributed by atoms with Gasteiger partial charge >= 0.3 is 0 Å². The van der Waals surface area contributed by atoms with Gasteiger partial charge in [0.2, 0.25) is 18.4 Å². The number of ether oxygens (including phenoxy) is 2. The minimum atomic E-state index is 0.258. The Labute approximate surface area is 102 Å². The summed E-state index contributed by atoms with van der Waals surface area (Å²) in [5.74, 6) is 1.98. The molecule has 5 nitrogen and oxygen atoms in total. The van der Waals surface area contributed by atoms with Gasteiger partial charge in [-0.2, -0.15) is 0 Å². The summed E-state index contributed by atoms with van der Waals surface area (Å²) in [6.07, 6.45) is 1.68. The predicted molar refractivity (Wildman–Crippen MR) is 63.4 cm³/mol. The summed E-state index contributed by atoms with van der Waals surface area (Å²) in [5.41, 5.74) is 2.12. The second kappa shape index (κ2) is 3.46. The zero-order valence-electron chi connectivity index (χ0n) is 9.29. The van der Waals surface area contributed by atoms with Crippen LogP contribution in [-0.4, -0.2) is 16.8 Å². The standard InChI is InChI=1S/C13H8N2O3/c1-2-9-13(14-5-1)18-12(15-9)8-3-4-10-11(6-8)17-7-16-10/h1-6H,7H2. The van der Waals surface area contributed by atoms with Gasteiger partial charge < -0.3 is 13.9 Å². The Morgan fingerprint density at radius 2 is 2.00 bits per heavy atom. The molecule has 1 aromatic carbocycles. The van der Waals surface area contributed by atoms with E-state index in [9.17, 15) is 0 Å². The van der Waals surface area contributed by atoms with Crippen LogP contribution < -0.4 is 9.47 Å². The summed E-state index contributed by atoms with van der Waals surface area (Å²) in [6, 6.07) is 9.28. The first-order chi connectivity index (χ1) is 8.90. The molecule has 0 bridgehead atoms. The highest BCUT2D eigenvalue weighted by molar-refractivity contribution is 5.73. The van der Waals surface area contributed by atoms with Crippen LogP contribution in [-0.2, 0) is 0 Å². The van der Waals surface area contributed by atoms with E-state index in [2.05, 4.69) is 9.97 Å². The lowest BCUT2D eigenvalue weighted by Gasteiger charge is -1.97. The normalized spacial score (nSPS) is 13.1. The minimum Gasteiger partial charge on any atom is -0.454 e. The van der Waals surface area contributed by atoms with Crippen LogP contribution in [0.5, 0.6) is 11.5 Å². The number of oxazole rings is 1. The first kappa shape index (κ1) is 9.47. The van der Waals surface area contributed by atoms with Gasteiger partial charge in [0.05, 0.1) is 0 Å². The lowest BCUT2D eigenvalue weighted by Crippen LogP contribution is -1.92. The fourth-order valence-electron chi connectivity index (χ4n) is 1.92. The second-order valence-corrected chi connectivity index (χ2v) is 3.91. The molecule has 3 heterocycles. The van der Waals surface area contributed by atoms with E-state index in [1.54, 1.807) is 6.20 Å². The summed E-state index contributed by atoms with van der Waals surface area (Å²) < 4.78 is 16.2. The highest BCUT2D eigenvalue weighted by atomic mass is 16.7. The molecule has 2 aromatic heterocycles. The van der Waals surface area contributed by atoms with Crippen LogP contribution >= 0.6 is 0 Å². The molecule has 0 fully saturated rings. The van der Waals surface area contributed by atoms with Crippen molar-refractivity contribution >= 4 is 11.2 Å².